The fourth-order valence-corrected chi connectivity index (χ4v) is 12.7. The summed E-state index contributed by atoms with van der Waals surface area (Å²) in [5.74, 6) is 1.86. The molecule has 4 amide bonds. The van der Waals surface area contributed by atoms with Crippen LogP contribution in [0.2, 0.25) is 5.02 Å². The zero-order valence-electron chi connectivity index (χ0n) is 41.1. The van der Waals surface area contributed by atoms with Gasteiger partial charge in [0, 0.05) is 119 Å². The molecule has 382 valence electrons. The number of phenolic OH excluding ortho intramolecular Hbond substituents is 1. The van der Waals surface area contributed by atoms with Crippen molar-refractivity contribution in [2.45, 2.75) is 76.8 Å². The van der Waals surface area contributed by atoms with E-state index in [1.54, 1.807) is 24.4 Å². The molecule has 15 nitrogen and oxygen atoms in total. The van der Waals surface area contributed by atoms with E-state index in [4.69, 9.17) is 27.7 Å². The molecule has 5 aromatic rings. The standard InChI is InChI=1S/C55H61ClF2N10O5/c1-3-40-44(57)9-5-35-24-39(69)26-41(47(35)40)49-48(58)50-42(27-59-49)51(67-30-37-6-7-38(31-67)60-37)63-53(62-50)73-32-33(2)28-64-20-22-65(23-21-64)29-34-10-13-55(14-11-34)15-18-66(19-16-55)52(71)36-4-8-43(56)45(25-36)68-17-12-46(70)61-54(68)72/h1,4-5,8-9,24-27,33-34,37-38,60,69H,6-7,10-23,28-32H2,2H3,(H,61,70,72)/t33-,37?,38?/m1/s1. The molecule has 73 heavy (non-hydrogen) atoms. The average Bonchev–Trinajstić information content (AvgIpc) is 3.73. The minimum atomic E-state index is -0.740. The molecular formula is C55H61ClF2N10O5. The number of imide groups is 1. The maximum atomic E-state index is 17.1. The van der Waals surface area contributed by atoms with E-state index in [1.807, 2.05) is 4.90 Å². The molecule has 3 N–H and O–H groups in total. The molecule has 2 bridgehead atoms. The minimum Gasteiger partial charge on any atom is -0.508 e. The number of urea groups is 1. The summed E-state index contributed by atoms with van der Waals surface area (Å²) >= 11 is 6.46. The molecule has 18 heteroatoms. The largest absolute Gasteiger partial charge is 0.508 e. The van der Waals surface area contributed by atoms with Crippen LogP contribution in [0.1, 0.15) is 80.6 Å². The molecule has 7 heterocycles. The number of amides is 4. The lowest BCUT2D eigenvalue weighted by Crippen LogP contribution is -2.51. The molecule has 6 aliphatic rings. The first-order chi connectivity index (χ1) is 35.3. The number of rotatable bonds is 11. The zero-order chi connectivity index (χ0) is 50.5. The van der Waals surface area contributed by atoms with Gasteiger partial charge in [0.15, 0.2) is 5.82 Å². The van der Waals surface area contributed by atoms with E-state index in [9.17, 15) is 19.5 Å². The Labute approximate surface area is 428 Å². The van der Waals surface area contributed by atoms with Crippen molar-refractivity contribution >= 4 is 62.6 Å². The van der Waals surface area contributed by atoms with Gasteiger partial charge < -0.3 is 34.8 Å². The van der Waals surface area contributed by atoms with Gasteiger partial charge in [0.2, 0.25) is 5.91 Å². The Hall–Kier alpha value is -6.19. The number of terminal acetylenes is 1. The third-order valence-corrected chi connectivity index (χ3v) is 16.8. The minimum absolute atomic E-state index is 0.0264. The van der Waals surface area contributed by atoms with Crippen LogP contribution in [0.4, 0.5) is 25.1 Å². The summed E-state index contributed by atoms with van der Waals surface area (Å²) in [5, 5.41) is 18.2. The van der Waals surface area contributed by atoms with Gasteiger partial charge in [-0.15, -0.1) is 6.42 Å². The number of ether oxygens (including phenoxy) is 1. The first kappa shape index (κ1) is 49.0. The van der Waals surface area contributed by atoms with Gasteiger partial charge in [-0.1, -0.05) is 30.5 Å². The topological polar surface area (TPSA) is 160 Å². The number of aromatic nitrogens is 3. The van der Waals surface area contributed by atoms with Gasteiger partial charge in [-0.25, -0.2) is 13.6 Å². The molecule has 5 saturated heterocycles. The molecular weight excluding hydrogens is 954 g/mol. The molecule has 2 aromatic heterocycles. The summed E-state index contributed by atoms with van der Waals surface area (Å²) in [4.78, 5) is 62.7. The number of piperazine rings is 2. The van der Waals surface area contributed by atoms with Crippen molar-refractivity contribution in [1.29, 1.82) is 0 Å². The number of fused-ring (bicyclic) bond motifs is 4. The third kappa shape index (κ3) is 9.99. The van der Waals surface area contributed by atoms with Gasteiger partial charge in [-0.05, 0) is 104 Å². The summed E-state index contributed by atoms with van der Waals surface area (Å²) < 4.78 is 38.4. The van der Waals surface area contributed by atoms with Crippen LogP contribution < -0.4 is 25.2 Å². The number of carbonyl (C=O) groups excluding carboxylic acids is 3. The van der Waals surface area contributed by atoms with E-state index < -0.39 is 17.7 Å². The first-order valence-electron chi connectivity index (χ1n) is 25.9. The van der Waals surface area contributed by atoms with Crippen LogP contribution in [0.15, 0.2) is 48.7 Å². The second-order valence-corrected chi connectivity index (χ2v) is 21.8. The predicted octanol–water partition coefficient (Wildman–Crippen LogP) is 7.60. The summed E-state index contributed by atoms with van der Waals surface area (Å²) in [6.45, 7) is 11.4. The highest BCUT2D eigenvalue weighted by Gasteiger charge is 2.40. The number of nitrogens with one attached hydrogen (secondary N) is 2. The average molecular weight is 1020 g/mol. The number of phenols is 1. The number of pyridine rings is 1. The van der Waals surface area contributed by atoms with Crippen LogP contribution in [0.3, 0.4) is 0 Å². The Kier molecular flexibility index (Phi) is 13.6. The number of aromatic hydroxyl groups is 1. The molecule has 1 saturated carbocycles. The number of piperidine rings is 1. The number of hydrogen-bond donors (Lipinski definition) is 3. The molecule has 0 radical (unpaired) electrons. The molecule has 11 rings (SSSR count). The van der Waals surface area contributed by atoms with Gasteiger partial charge in [-0.3, -0.25) is 24.8 Å². The second kappa shape index (κ2) is 20.3. The fraction of sp³-hybridized carbons (Fsp3) is 0.491. The Bertz CT molecular complexity index is 3010. The molecule has 1 spiro atoms. The van der Waals surface area contributed by atoms with Crippen molar-refractivity contribution in [2.75, 3.05) is 88.4 Å². The number of halogens is 3. The predicted molar refractivity (Wildman–Crippen MR) is 276 cm³/mol. The van der Waals surface area contributed by atoms with E-state index in [1.165, 1.54) is 54.8 Å². The lowest BCUT2D eigenvalue weighted by atomic mass is 9.65. The van der Waals surface area contributed by atoms with Crippen LogP contribution in [0, 0.1) is 41.2 Å². The maximum Gasteiger partial charge on any atom is 0.328 e. The highest BCUT2D eigenvalue weighted by atomic mass is 35.5. The number of likely N-dealkylation sites (tertiary alicyclic amines) is 1. The number of nitrogens with zero attached hydrogens (tertiary/aromatic N) is 8. The fourth-order valence-electron chi connectivity index (χ4n) is 12.5. The number of anilines is 2. The highest BCUT2D eigenvalue weighted by Crippen LogP contribution is 2.47. The van der Waals surface area contributed by atoms with Gasteiger partial charge in [0.05, 0.1) is 28.3 Å². The number of benzene rings is 3. The molecule has 3 atom stereocenters. The van der Waals surface area contributed by atoms with Crippen LogP contribution in [0.5, 0.6) is 11.8 Å². The molecule has 2 unspecified atom stereocenters. The van der Waals surface area contributed by atoms with Crippen molar-refractivity contribution in [3.63, 3.8) is 0 Å². The van der Waals surface area contributed by atoms with E-state index in [0.717, 1.165) is 65.0 Å². The van der Waals surface area contributed by atoms with Crippen molar-refractivity contribution in [3.05, 3.63) is 76.4 Å². The smallest absolute Gasteiger partial charge is 0.328 e. The molecule has 3 aromatic carbocycles. The van der Waals surface area contributed by atoms with Crippen molar-refractivity contribution < 1.29 is 33.0 Å². The number of hydrogen-bond acceptors (Lipinski definition) is 12. The van der Waals surface area contributed by atoms with Crippen molar-refractivity contribution in [3.8, 4) is 35.4 Å². The molecule has 1 aliphatic carbocycles. The van der Waals surface area contributed by atoms with Crippen molar-refractivity contribution in [2.24, 2.45) is 17.3 Å². The normalized spacial score (nSPS) is 22.3. The highest BCUT2D eigenvalue weighted by molar-refractivity contribution is 6.34. The van der Waals surface area contributed by atoms with E-state index >= 15 is 8.78 Å². The molecule has 5 aliphatic heterocycles. The summed E-state index contributed by atoms with van der Waals surface area (Å²) in [6, 6.07) is 10.7. The Morgan fingerprint density at radius 1 is 0.945 bits per heavy atom. The van der Waals surface area contributed by atoms with E-state index in [2.05, 4.69) is 48.1 Å². The summed E-state index contributed by atoms with van der Waals surface area (Å²) in [6.07, 6.45) is 16.3. The van der Waals surface area contributed by atoms with E-state index in [0.29, 0.717) is 83.7 Å². The second-order valence-electron chi connectivity index (χ2n) is 21.4. The Morgan fingerprint density at radius 2 is 1.68 bits per heavy atom. The van der Waals surface area contributed by atoms with Crippen LogP contribution >= 0.6 is 11.6 Å². The quantitative estimate of drug-likeness (QED) is 0.112. The van der Waals surface area contributed by atoms with Gasteiger partial charge >= 0.3 is 12.0 Å². The lowest BCUT2D eigenvalue weighted by Gasteiger charge is -2.47. The maximum absolute atomic E-state index is 17.1. The van der Waals surface area contributed by atoms with Gasteiger partial charge in [0.1, 0.15) is 28.6 Å². The Balaban J connectivity index is 0.683. The Morgan fingerprint density at radius 3 is 2.41 bits per heavy atom. The summed E-state index contributed by atoms with van der Waals surface area (Å²) in [7, 11) is 0. The number of carbonyl (C=O) groups is 3. The van der Waals surface area contributed by atoms with Crippen LogP contribution in [-0.2, 0) is 4.79 Å². The first-order valence-corrected chi connectivity index (χ1v) is 26.3. The van der Waals surface area contributed by atoms with Gasteiger partial charge in [-0.2, -0.15) is 9.97 Å². The molecule has 6 fully saturated rings. The zero-order valence-corrected chi connectivity index (χ0v) is 41.9. The monoisotopic (exact) mass is 1010 g/mol. The van der Waals surface area contributed by atoms with Crippen molar-refractivity contribution in [1.82, 2.24) is 40.3 Å². The van der Waals surface area contributed by atoms with Crippen LogP contribution in [-0.4, -0.2) is 143 Å². The SMILES string of the molecule is C#Cc1c(F)ccc2cc(O)cc(-c3ncc4c(N5CC6CCC(C5)N6)nc(OC[C@H](C)CN5CCN(CC6CCC7(CC6)CCN(C(=O)c6ccc(Cl)c(N8CCC(=O)NC8=O)c6)CC7)CC5)nc4c3F)c12. The summed E-state index contributed by atoms with van der Waals surface area (Å²) in [5.41, 5.74) is 1.22. The van der Waals surface area contributed by atoms with Gasteiger partial charge in [0.25, 0.3) is 5.91 Å². The van der Waals surface area contributed by atoms with Crippen LogP contribution in [0.25, 0.3) is 32.9 Å². The van der Waals surface area contributed by atoms with E-state index in [-0.39, 0.29) is 75.6 Å². The lowest BCUT2D eigenvalue weighted by molar-refractivity contribution is -0.120. The third-order valence-electron chi connectivity index (χ3n) is 16.5.